The van der Waals surface area contributed by atoms with Crippen molar-refractivity contribution in [1.29, 1.82) is 0 Å². The van der Waals surface area contributed by atoms with E-state index in [2.05, 4.69) is 20.9 Å². The smallest absolute Gasteiger partial charge is 0.335 e. The number of benzene rings is 1. The first kappa shape index (κ1) is 13.0. The first-order valence-electron chi connectivity index (χ1n) is 5.19. The molecule has 2 rings (SSSR count). The number of aromatic nitrogens is 1. The molecular formula is C12H11BrN2O2S. The molecule has 1 heterocycles. The Morgan fingerprint density at radius 3 is 2.89 bits per heavy atom. The molecule has 0 saturated heterocycles. The Labute approximate surface area is 117 Å². The van der Waals surface area contributed by atoms with Crippen molar-refractivity contribution in [3.63, 3.8) is 0 Å². The predicted octanol–water partition coefficient (Wildman–Crippen LogP) is 3.24. The summed E-state index contributed by atoms with van der Waals surface area (Å²) in [5.74, 6) is -0.926. The number of anilines is 1. The van der Waals surface area contributed by atoms with Crippen molar-refractivity contribution < 1.29 is 9.90 Å². The Kier molecular flexibility index (Phi) is 3.98. The zero-order chi connectivity index (χ0) is 13.1. The second kappa shape index (κ2) is 5.49. The third-order valence-electron chi connectivity index (χ3n) is 2.49. The molecule has 94 valence electrons. The van der Waals surface area contributed by atoms with Crippen LogP contribution in [0.5, 0.6) is 0 Å². The van der Waals surface area contributed by atoms with Crippen LogP contribution in [0.15, 0.2) is 33.6 Å². The number of aromatic carboxylic acids is 1. The van der Waals surface area contributed by atoms with Crippen LogP contribution in [0.4, 0.5) is 5.69 Å². The Hall–Kier alpha value is -1.40. The number of carboxylic acids is 1. The van der Waals surface area contributed by atoms with Gasteiger partial charge in [0.2, 0.25) is 0 Å². The maximum atomic E-state index is 10.8. The molecule has 0 aliphatic carbocycles. The number of nitrogens with zero attached hydrogens (tertiary/aromatic N) is 2. The molecule has 1 N–H and O–H groups in total. The highest BCUT2D eigenvalue weighted by Gasteiger charge is 2.10. The number of hydrogen-bond acceptors (Lipinski definition) is 4. The molecule has 4 nitrogen and oxygen atoms in total. The average molecular weight is 327 g/mol. The summed E-state index contributed by atoms with van der Waals surface area (Å²) in [6.45, 7) is 0.689. The molecule has 0 aliphatic rings. The summed E-state index contributed by atoms with van der Waals surface area (Å²) >= 11 is 4.96. The fraction of sp³-hybridized carbons (Fsp3) is 0.167. The highest BCUT2D eigenvalue weighted by Crippen LogP contribution is 2.27. The summed E-state index contributed by atoms with van der Waals surface area (Å²) in [7, 11) is 1.94. The highest BCUT2D eigenvalue weighted by atomic mass is 79.9. The standard InChI is InChI=1S/C12H11BrN2O2S/c1-15(5-9-6-18-7-14-9)11-3-2-8(12(16)17)4-10(11)13/h2-4,6-7H,5H2,1H3,(H,16,17). The number of halogens is 1. The molecule has 0 atom stereocenters. The lowest BCUT2D eigenvalue weighted by molar-refractivity contribution is 0.0697. The Balaban J connectivity index is 2.20. The number of thiazole rings is 1. The highest BCUT2D eigenvalue weighted by molar-refractivity contribution is 9.10. The van der Waals surface area contributed by atoms with E-state index >= 15 is 0 Å². The normalized spacial score (nSPS) is 10.3. The quantitative estimate of drug-likeness (QED) is 0.937. The molecule has 0 radical (unpaired) electrons. The van der Waals surface area contributed by atoms with Gasteiger partial charge in [0, 0.05) is 16.9 Å². The van der Waals surface area contributed by atoms with Crippen molar-refractivity contribution in [1.82, 2.24) is 4.98 Å². The van der Waals surface area contributed by atoms with Crippen molar-refractivity contribution in [3.05, 3.63) is 44.8 Å². The largest absolute Gasteiger partial charge is 0.478 e. The second-order valence-corrected chi connectivity index (χ2v) is 5.38. The zero-order valence-corrected chi connectivity index (χ0v) is 12.0. The van der Waals surface area contributed by atoms with E-state index < -0.39 is 5.97 Å². The maximum Gasteiger partial charge on any atom is 0.335 e. The lowest BCUT2D eigenvalue weighted by Crippen LogP contribution is -2.17. The number of carboxylic acid groups (broad SMARTS) is 1. The number of carbonyl (C=O) groups is 1. The molecule has 0 aliphatic heterocycles. The first-order chi connectivity index (χ1) is 8.58. The second-order valence-electron chi connectivity index (χ2n) is 3.81. The third-order valence-corrected chi connectivity index (χ3v) is 3.76. The molecule has 0 fully saturated rings. The van der Waals surface area contributed by atoms with Crippen molar-refractivity contribution in [2.75, 3.05) is 11.9 Å². The van der Waals surface area contributed by atoms with Gasteiger partial charge in [0.05, 0.1) is 29.0 Å². The summed E-state index contributed by atoms with van der Waals surface area (Å²) in [6.07, 6.45) is 0. The van der Waals surface area contributed by atoms with Gasteiger partial charge >= 0.3 is 5.97 Å². The topological polar surface area (TPSA) is 53.4 Å². The first-order valence-corrected chi connectivity index (χ1v) is 6.92. The van der Waals surface area contributed by atoms with Gasteiger partial charge in [-0.15, -0.1) is 11.3 Å². The van der Waals surface area contributed by atoms with Gasteiger partial charge in [-0.3, -0.25) is 0 Å². The number of hydrogen-bond donors (Lipinski definition) is 1. The van der Waals surface area contributed by atoms with Crippen LogP contribution < -0.4 is 4.90 Å². The molecule has 1 aromatic carbocycles. The lowest BCUT2D eigenvalue weighted by Gasteiger charge is -2.19. The van der Waals surface area contributed by atoms with Gasteiger partial charge in [0.25, 0.3) is 0 Å². The van der Waals surface area contributed by atoms with Crippen LogP contribution in [-0.4, -0.2) is 23.1 Å². The van der Waals surface area contributed by atoms with Crippen LogP contribution in [0.2, 0.25) is 0 Å². The van der Waals surface area contributed by atoms with Crippen LogP contribution in [0.3, 0.4) is 0 Å². The van der Waals surface area contributed by atoms with Gasteiger partial charge < -0.3 is 10.0 Å². The van der Waals surface area contributed by atoms with E-state index in [0.717, 1.165) is 15.9 Å². The van der Waals surface area contributed by atoms with E-state index in [-0.39, 0.29) is 5.56 Å². The summed E-state index contributed by atoms with van der Waals surface area (Å²) in [5.41, 5.74) is 4.00. The van der Waals surface area contributed by atoms with Gasteiger partial charge in [-0.1, -0.05) is 0 Å². The van der Waals surface area contributed by atoms with Crippen LogP contribution in [0.1, 0.15) is 16.1 Å². The number of rotatable bonds is 4. The van der Waals surface area contributed by atoms with Gasteiger partial charge in [-0.2, -0.15) is 0 Å². The lowest BCUT2D eigenvalue weighted by atomic mass is 10.2. The molecule has 1 aromatic heterocycles. The molecule has 6 heteroatoms. The van der Waals surface area contributed by atoms with E-state index in [9.17, 15) is 4.79 Å². The van der Waals surface area contributed by atoms with Crippen molar-refractivity contribution in [2.45, 2.75) is 6.54 Å². The van der Waals surface area contributed by atoms with Crippen LogP contribution in [-0.2, 0) is 6.54 Å². The van der Waals surface area contributed by atoms with E-state index in [1.807, 2.05) is 17.3 Å². The minimum atomic E-state index is -0.926. The minimum Gasteiger partial charge on any atom is -0.478 e. The van der Waals surface area contributed by atoms with Crippen LogP contribution in [0, 0.1) is 0 Å². The molecule has 0 saturated carbocycles. The van der Waals surface area contributed by atoms with Crippen LogP contribution >= 0.6 is 27.3 Å². The summed E-state index contributed by atoms with van der Waals surface area (Å²) in [5, 5.41) is 10.9. The van der Waals surface area contributed by atoms with Crippen molar-refractivity contribution in [3.8, 4) is 0 Å². The van der Waals surface area contributed by atoms with E-state index in [1.165, 1.54) is 0 Å². The fourth-order valence-corrected chi connectivity index (χ4v) is 2.82. The molecule has 0 unspecified atom stereocenters. The Morgan fingerprint density at radius 1 is 1.56 bits per heavy atom. The van der Waals surface area contributed by atoms with Gasteiger partial charge in [0.1, 0.15) is 0 Å². The molecular weight excluding hydrogens is 316 g/mol. The summed E-state index contributed by atoms with van der Waals surface area (Å²) < 4.78 is 0.764. The summed E-state index contributed by atoms with van der Waals surface area (Å²) in [6, 6.07) is 5.00. The van der Waals surface area contributed by atoms with Gasteiger partial charge in [0.15, 0.2) is 0 Å². The summed E-state index contributed by atoms with van der Waals surface area (Å²) in [4.78, 5) is 17.1. The van der Waals surface area contributed by atoms with E-state index in [0.29, 0.717) is 6.54 Å². The monoisotopic (exact) mass is 326 g/mol. The van der Waals surface area contributed by atoms with E-state index in [4.69, 9.17) is 5.11 Å². The van der Waals surface area contributed by atoms with E-state index in [1.54, 1.807) is 35.0 Å². The zero-order valence-electron chi connectivity index (χ0n) is 9.63. The molecule has 18 heavy (non-hydrogen) atoms. The van der Waals surface area contributed by atoms with Gasteiger partial charge in [-0.05, 0) is 34.1 Å². The minimum absolute atomic E-state index is 0.271. The van der Waals surface area contributed by atoms with Crippen LogP contribution in [0.25, 0.3) is 0 Å². The molecule has 0 amide bonds. The molecule has 2 aromatic rings. The van der Waals surface area contributed by atoms with Crippen molar-refractivity contribution in [2.24, 2.45) is 0 Å². The SMILES string of the molecule is CN(Cc1cscn1)c1ccc(C(=O)O)cc1Br. The average Bonchev–Trinajstić information content (AvgIpc) is 2.81. The Bertz CT molecular complexity index is 557. The Morgan fingerprint density at radius 2 is 2.33 bits per heavy atom. The van der Waals surface area contributed by atoms with Gasteiger partial charge in [-0.25, -0.2) is 9.78 Å². The van der Waals surface area contributed by atoms with Crippen molar-refractivity contribution >= 4 is 38.9 Å². The fourth-order valence-electron chi connectivity index (χ4n) is 1.59. The predicted molar refractivity (Wildman–Crippen MR) is 75.3 cm³/mol. The maximum absolute atomic E-state index is 10.8. The molecule has 0 bridgehead atoms. The molecule has 0 spiro atoms. The third kappa shape index (κ3) is 2.88.